The van der Waals surface area contributed by atoms with Crippen molar-refractivity contribution in [3.63, 3.8) is 0 Å². The molecule has 0 radical (unpaired) electrons. The summed E-state index contributed by atoms with van der Waals surface area (Å²) in [5, 5.41) is 3.86. The van der Waals surface area contributed by atoms with Crippen molar-refractivity contribution in [1.29, 1.82) is 0 Å². The van der Waals surface area contributed by atoms with Crippen LogP contribution in [0.4, 0.5) is 14.6 Å². The van der Waals surface area contributed by atoms with Crippen molar-refractivity contribution in [1.82, 2.24) is 15.0 Å². The summed E-state index contributed by atoms with van der Waals surface area (Å²) in [7, 11) is -4.10. The molecule has 6 rings (SSSR count). The summed E-state index contributed by atoms with van der Waals surface area (Å²) in [6.45, 7) is 5.16. The van der Waals surface area contributed by atoms with E-state index in [2.05, 4.69) is 16.8 Å². The number of aryl methyl sites for hydroxylation is 1. The van der Waals surface area contributed by atoms with Gasteiger partial charge in [0.2, 0.25) is 0 Å². The van der Waals surface area contributed by atoms with Gasteiger partial charge in [0.05, 0.1) is 37.9 Å². The maximum Gasteiger partial charge on any atom is 0.273 e. The van der Waals surface area contributed by atoms with E-state index in [9.17, 15) is 22.0 Å². The van der Waals surface area contributed by atoms with Crippen LogP contribution in [0.5, 0.6) is 0 Å². The number of alkyl halides is 2. The van der Waals surface area contributed by atoms with Gasteiger partial charge in [-0.25, -0.2) is 17.2 Å². The molecule has 1 N–H and O–H groups in total. The molecule has 13 heteroatoms. The Morgan fingerprint density at radius 1 is 1.06 bits per heavy atom. The molecule has 1 spiro atoms. The Kier molecular flexibility index (Phi) is 9.25. The van der Waals surface area contributed by atoms with Crippen molar-refractivity contribution < 1.29 is 31.3 Å². The fourth-order valence-corrected chi connectivity index (χ4v) is 7.89. The topological polar surface area (TPSA) is 117 Å². The van der Waals surface area contributed by atoms with Gasteiger partial charge in [0.25, 0.3) is 21.9 Å². The van der Waals surface area contributed by atoms with Crippen LogP contribution in [-0.4, -0.2) is 66.4 Å². The minimum absolute atomic E-state index is 0.00645. The van der Waals surface area contributed by atoms with Crippen molar-refractivity contribution in [3.8, 4) is 11.1 Å². The summed E-state index contributed by atoms with van der Waals surface area (Å²) >= 11 is 0. The summed E-state index contributed by atoms with van der Waals surface area (Å²) in [6, 6.07) is 12.3. The lowest BCUT2D eigenvalue weighted by Gasteiger charge is -2.38. The number of nitrogens with one attached hydrogen (secondary N) is 1. The van der Waals surface area contributed by atoms with Gasteiger partial charge in [0.1, 0.15) is 17.1 Å². The van der Waals surface area contributed by atoms with E-state index < -0.39 is 21.5 Å². The Labute approximate surface area is 274 Å². The molecule has 0 atom stereocenters. The number of anilines is 1. The average Bonchev–Trinajstić information content (AvgIpc) is 3.70. The van der Waals surface area contributed by atoms with Crippen LogP contribution in [-0.2, 0) is 32.7 Å². The lowest BCUT2D eigenvalue weighted by atomic mass is 9.96. The van der Waals surface area contributed by atoms with E-state index in [0.717, 1.165) is 56.3 Å². The van der Waals surface area contributed by atoms with Gasteiger partial charge in [0, 0.05) is 17.5 Å². The standard InChI is InChI=1S/C34H41F2N5O5S/c1-4-5-12-30-37-33(15-8-9-16-33)32(42)41(30)18-25-13-14-27(26(17-25)19-45-22-40-20-34(35,36)21-40)28-10-6-7-11-29(28)47(43,44)39-31-23(2)24(3)46-38-31/h6-7,10-11,13-14,17H,4-5,8-9,12,15-16,18-22H2,1-3H3,(H,38,39). The molecule has 252 valence electrons. The van der Waals surface area contributed by atoms with Crippen molar-refractivity contribution >= 4 is 27.6 Å². The third-order valence-electron chi connectivity index (χ3n) is 9.29. The second-order valence-electron chi connectivity index (χ2n) is 12.9. The summed E-state index contributed by atoms with van der Waals surface area (Å²) < 4.78 is 67.9. The van der Waals surface area contributed by atoms with Crippen molar-refractivity contribution in [2.45, 2.75) is 95.2 Å². The molecule has 47 heavy (non-hydrogen) atoms. The third kappa shape index (κ3) is 6.84. The molecule has 0 bridgehead atoms. The zero-order chi connectivity index (χ0) is 33.4. The number of benzene rings is 2. The molecule has 3 aliphatic rings. The molecule has 1 amide bonds. The predicted octanol–water partition coefficient (Wildman–Crippen LogP) is 6.43. The van der Waals surface area contributed by atoms with E-state index >= 15 is 0 Å². The Bertz CT molecular complexity index is 1780. The number of amidine groups is 1. The highest BCUT2D eigenvalue weighted by Crippen LogP contribution is 2.40. The Morgan fingerprint density at radius 3 is 2.49 bits per heavy atom. The number of hydrogen-bond acceptors (Lipinski definition) is 8. The van der Waals surface area contributed by atoms with E-state index in [1.54, 1.807) is 32.0 Å². The molecular formula is C34H41F2N5O5S. The zero-order valence-electron chi connectivity index (χ0n) is 27.0. The predicted molar refractivity (Wildman–Crippen MR) is 174 cm³/mol. The first kappa shape index (κ1) is 33.2. The number of nitrogens with zero attached hydrogens (tertiary/aromatic N) is 4. The zero-order valence-corrected chi connectivity index (χ0v) is 27.8. The normalized spacial score (nSPS) is 19.0. The number of rotatable bonds is 13. The molecule has 1 aromatic heterocycles. The van der Waals surface area contributed by atoms with E-state index in [1.165, 1.54) is 11.0 Å². The number of carbonyl (C=O) groups excluding carboxylic acids is 1. The number of ether oxygens (including phenoxy) is 1. The highest BCUT2D eigenvalue weighted by Gasteiger charge is 2.49. The summed E-state index contributed by atoms with van der Waals surface area (Å²) in [5.41, 5.74) is 2.47. The molecule has 3 aromatic rings. The number of hydrogen-bond donors (Lipinski definition) is 1. The highest BCUT2D eigenvalue weighted by molar-refractivity contribution is 7.92. The molecule has 10 nitrogen and oxygen atoms in total. The summed E-state index contributed by atoms with van der Waals surface area (Å²) in [6.07, 6.45) is 6.13. The third-order valence-corrected chi connectivity index (χ3v) is 10.7. The van der Waals surface area contributed by atoms with Crippen LogP contribution < -0.4 is 4.72 Å². The average molecular weight is 670 g/mol. The first-order chi connectivity index (χ1) is 22.4. The number of amides is 1. The quantitative estimate of drug-likeness (QED) is 0.223. The Morgan fingerprint density at radius 2 is 1.81 bits per heavy atom. The van der Waals surface area contributed by atoms with Crippen molar-refractivity contribution in [3.05, 3.63) is 64.9 Å². The Balaban J connectivity index is 1.32. The van der Waals surface area contributed by atoms with Crippen LogP contribution in [0.3, 0.4) is 0 Å². The summed E-state index contributed by atoms with van der Waals surface area (Å²) in [5.74, 6) is -1.24. The van der Waals surface area contributed by atoms with Crippen LogP contribution in [0, 0.1) is 13.8 Å². The first-order valence-corrected chi connectivity index (χ1v) is 17.7. The fraction of sp³-hybridized carbons (Fsp3) is 0.500. The molecule has 1 saturated heterocycles. The van der Waals surface area contributed by atoms with Gasteiger partial charge in [-0.1, -0.05) is 67.7 Å². The first-order valence-electron chi connectivity index (χ1n) is 16.2. The monoisotopic (exact) mass is 669 g/mol. The van der Waals surface area contributed by atoms with Crippen LogP contribution in [0.1, 0.15) is 74.3 Å². The summed E-state index contributed by atoms with van der Waals surface area (Å²) in [4.78, 5) is 22.1. The molecule has 1 aliphatic carbocycles. The molecule has 2 aromatic carbocycles. The van der Waals surface area contributed by atoms with Crippen LogP contribution in [0.25, 0.3) is 11.1 Å². The lowest BCUT2D eigenvalue weighted by Crippen LogP contribution is -2.56. The van der Waals surface area contributed by atoms with E-state index in [0.29, 0.717) is 34.6 Å². The number of halogens is 2. The highest BCUT2D eigenvalue weighted by atomic mass is 32.2. The van der Waals surface area contributed by atoms with E-state index in [-0.39, 0.29) is 43.0 Å². The largest absolute Gasteiger partial charge is 0.361 e. The smallest absolute Gasteiger partial charge is 0.273 e. The van der Waals surface area contributed by atoms with E-state index in [1.807, 2.05) is 23.1 Å². The van der Waals surface area contributed by atoms with Crippen molar-refractivity contribution in [2.75, 3.05) is 24.5 Å². The molecule has 1 saturated carbocycles. The fourth-order valence-electron chi connectivity index (χ4n) is 6.61. The maximum absolute atomic E-state index is 13.8. The van der Waals surface area contributed by atoms with Gasteiger partial charge in [-0.2, -0.15) is 0 Å². The number of aromatic nitrogens is 1. The molecule has 2 aliphatic heterocycles. The number of sulfonamides is 1. The molecule has 2 fully saturated rings. The number of likely N-dealkylation sites (tertiary alicyclic amines) is 1. The second kappa shape index (κ2) is 13.1. The van der Waals surface area contributed by atoms with Crippen LogP contribution in [0.15, 0.2) is 56.9 Å². The SMILES string of the molecule is CCCCC1=NC2(CCCC2)C(=O)N1Cc1ccc(-c2ccccc2S(=O)(=O)Nc2noc(C)c2C)c(COCN2CC(F)(F)C2)c1. The second-order valence-corrected chi connectivity index (χ2v) is 14.5. The van der Waals surface area contributed by atoms with Gasteiger partial charge >= 0.3 is 0 Å². The van der Waals surface area contributed by atoms with Crippen LogP contribution in [0.2, 0.25) is 0 Å². The number of carbonyl (C=O) groups is 1. The van der Waals surface area contributed by atoms with Gasteiger partial charge in [-0.05, 0) is 55.9 Å². The molecular weight excluding hydrogens is 628 g/mol. The molecule has 0 unspecified atom stereocenters. The van der Waals surface area contributed by atoms with Gasteiger partial charge in [0.15, 0.2) is 5.82 Å². The minimum Gasteiger partial charge on any atom is -0.361 e. The molecule has 3 heterocycles. The van der Waals surface area contributed by atoms with Gasteiger partial charge < -0.3 is 9.26 Å². The maximum atomic E-state index is 13.8. The minimum atomic E-state index is -4.10. The van der Waals surface area contributed by atoms with Crippen molar-refractivity contribution in [2.24, 2.45) is 4.99 Å². The van der Waals surface area contributed by atoms with E-state index in [4.69, 9.17) is 14.3 Å². The Hall–Kier alpha value is -3.68. The van der Waals surface area contributed by atoms with Gasteiger partial charge in [-0.3, -0.25) is 24.3 Å². The number of aliphatic imine (C=N–C) groups is 1. The van der Waals surface area contributed by atoms with Crippen LogP contribution >= 0.6 is 0 Å². The lowest BCUT2D eigenvalue weighted by molar-refractivity contribution is -0.164. The number of unbranched alkanes of at least 4 members (excludes halogenated alkanes) is 1. The van der Waals surface area contributed by atoms with Gasteiger partial charge in [-0.15, -0.1) is 0 Å².